The van der Waals surface area contributed by atoms with Crippen LogP contribution in [-0.2, 0) is 0 Å². The van der Waals surface area contributed by atoms with Gasteiger partial charge in [0.25, 0.3) is 0 Å². The second-order valence-electron chi connectivity index (χ2n) is 3.72. The Hall–Kier alpha value is -2.21. The van der Waals surface area contributed by atoms with Crippen molar-refractivity contribution in [3.05, 3.63) is 23.1 Å². The van der Waals surface area contributed by atoms with Gasteiger partial charge in [-0.15, -0.1) is 11.3 Å². The standard InChI is InChI=1S/C11H7N5S/c1-2-8-9(14-12-5-1)6-3-4-7-10(11(6)17-8)15-16-13-7/h1-5,14H,(H,13,15,16). The van der Waals surface area contributed by atoms with Gasteiger partial charge >= 0.3 is 0 Å². The molecule has 17 heavy (non-hydrogen) atoms. The molecule has 0 saturated heterocycles. The second kappa shape index (κ2) is 3.14. The van der Waals surface area contributed by atoms with E-state index in [0.29, 0.717) is 0 Å². The maximum Gasteiger partial charge on any atom is 0.130 e. The van der Waals surface area contributed by atoms with E-state index < -0.39 is 0 Å². The molecule has 82 valence electrons. The van der Waals surface area contributed by atoms with Crippen LogP contribution in [0.15, 0.2) is 23.3 Å². The number of benzene rings is 1. The third kappa shape index (κ3) is 1.15. The van der Waals surface area contributed by atoms with Gasteiger partial charge in [0.2, 0.25) is 0 Å². The first-order chi connectivity index (χ1) is 8.43. The fourth-order valence-electron chi connectivity index (χ4n) is 1.99. The molecule has 0 fully saturated rings. The van der Waals surface area contributed by atoms with Crippen molar-refractivity contribution in [1.82, 2.24) is 15.4 Å². The Morgan fingerprint density at radius 1 is 1.18 bits per heavy atom. The zero-order valence-corrected chi connectivity index (χ0v) is 9.45. The molecule has 0 spiro atoms. The maximum absolute atomic E-state index is 4.20. The molecule has 6 heteroatoms. The van der Waals surface area contributed by atoms with Crippen LogP contribution in [0, 0.1) is 0 Å². The molecule has 4 rings (SSSR count). The van der Waals surface area contributed by atoms with E-state index in [1.165, 1.54) is 0 Å². The SMILES string of the molecule is C1=Cc2sc3c(ccc4n[nH]nc43)c2NN=C1. The van der Waals surface area contributed by atoms with Gasteiger partial charge in [0.05, 0.1) is 15.3 Å². The Morgan fingerprint density at radius 2 is 2.18 bits per heavy atom. The van der Waals surface area contributed by atoms with Crippen molar-refractivity contribution in [3.8, 4) is 0 Å². The normalized spacial score (nSPS) is 13.9. The number of hydrazone groups is 1. The van der Waals surface area contributed by atoms with Gasteiger partial charge in [-0.3, -0.25) is 5.43 Å². The van der Waals surface area contributed by atoms with Crippen LogP contribution in [0.3, 0.4) is 0 Å². The molecule has 1 aliphatic rings. The number of nitrogens with zero attached hydrogens (tertiary/aromatic N) is 3. The summed E-state index contributed by atoms with van der Waals surface area (Å²) in [5.74, 6) is 0. The highest BCUT2D eigenvalue weighted by Gasteiger charge is 2.14. The first kappa shape index (κ1) is 8.89. The summed E-state index contributed by atoms with van der Waals surface area (Å²) in [6, 6.07) is 4.02. The van der Waals surface area contributed by atoms with Gasteiger partial charge in [0.15, 0.2) is 0 Å². The van der Waals surface area contributed by atoms with Gasteiger partial charge in [-0.2, -0.15) is 20.5 Å². The van der Waals surface area contributed by atoms with Gasteiger partial charge in [-0.25, -0.2) is 0 Å². The van der Waals surface area contributed by atoms with E-state index in [-0.39, 0.29) is 0 Å². The Kier molecular flexibility index (Phi) is 1.64. The van der Waals surface area contributed by atoms with Gasteiger partial charge in [-0.05, 0) is 24.3 Å². The van der Waals surface area contributed by atoms with Crippen molar-refractivity contribution in [2.24, 2.45) is 5.10 Å². The zero-order valence-electron chi connectivity index (χ0n) is 8.64. The average molecular weight is 241 g/mol. The minimum atomic E-state index is 0.890. The third-order valence-corrected chi connectivity index (χ3v) is 3.93. The number of rotatable bonds is 0. The molecule has 3 heterocycles. The predicted molar refractivity (Wildman–Crippen MR) is 70.4 cm³/mol. The molecule has 1 aromatic carbocycles. The number of aromatic nitrogens is 3. The molecule has 0 saturated carbocycles. The lowest BCUT2D eigenvalue weighted by molar-refractivity contribution is 0.960. The average Bonchev–Trinajstić information content (AvgIpc) is 2.87. The molecule has 2 aromatic heterocycles. The molecule has 1 aliphatic heterocycles. The van der Waals surface area contributed by atoms with Crippen LogP contribution in [-0.4, -0.2) is 21.6 Å². The monoisotopic (exact) mass is 241 g/mol. The van der Waals surface area contributed by atoms with Gasteiger partial charge in [0, 0.05) is 11.6 Å². The van der Waals surface area contributed by atoms with E-state index in [4.69, 9.17) is 0 Å². The van der Waals surface area contributed by atoms with Gasteiger partial charge in [0.1, 0.15) is 11.0 Å². The summed E-state index contributed by atoms with van der Waals surface area (Å²) in [5, 5.41) is 16.2. The topological polar surface area (TPSA) is 66.0 Å². The summed E-state index contributed by atoms with van der Waals surface area (Å²) in [7, 11) is 0. The number of thiophene rings is 1. The highest BCUT2D eigenvalue weighted by atomic mass is 32.1. The molecule has 0 unspecified atom stereocenters. The maximum atomic E-state index is 4.20. The lowest BCUT2D eigenvalue weighted by Crippen LogP contribution is -1.86. The summed E-state index contributed by atoms with van der Waals surface area (Å²) in [5.41, 5.74) is 5.91. The molecule has 5 nitrogen and oxygen atoms in total. The van der Waals surface area contributed by atoms with Crippen molar-refractivity contribution in [1.29, 1.82) is 0 Å². The van der Waals surface area contributed by atoms with Crippen molar-refractivity contribution < 1.29 is 0 Å². The Balaban J connectivity index is 2.18. The highest BCUT2D eigenvalue weighted by Crippen LogP contribution is 2.40. The number of aromatic amines is 1. The van der Waals surface area contributed by atoms with Crippen molar-refractivity contribution in [2.45, 2.75) is 0 Å². The number of H-pyrrole nitrogens is 1. The molecule has 0 amide bonds. The van der Waals surface area contributed by atoms with E-state index in [9.17, 15) is 0 Å². The number of fused-ring (bicyclic) bond motifs is 5. The zero-order chi connectivity index (χ0) is 11.2. The Bertz CT molecular complexity index is 780. The van der Waals surface area contributed by atoms with Crippen LogP contribution >= 0.6 is 11.3 Å². The molecule has 2 N–H and O–H groups in total. The van der Waals surface area contributed by atoms with Gasteiger partial charge in [-0.1, -0.05) is 0 Å². The lowest BCUT2D eigenvalue weighted by atomic mass is 10.2. The Morgan fingerprint density at radius 3 is 3.18 bits per heavy atom. The summed E-state index contributed by atoms with van der Waals surface area (Å²) in [6.07, 6.45) is 5.72. The molecule has 3 aromatic rings. The fourth-order valence-corrected chi connectivity index (χ4v) is 3.14. The van der Waals surface area contributed by atoms with Crippen LogP contribution in [0.2, 0.25) is 0 Å². The minimum Gasteiger partial charge on any atom is -0.276 e. The Labute approximate surface area is 99.8 Å². The summed E-state index contributed by atoms with van der Waals surface area (Å²) in [4.78, 5) is 1.16. The summed E-state index contributed by atoms with van der Waals surface area (Å²) < 4.78 is 1.13. The van der Waals surface area contributed by atoms with Crippen LogP contribution in [0.4, 0.5) is 5.69 Å². The van der Waals surface area contributed by atoms with Crippen molar-refractivity contribution >= 4 is 50.4 Å². The van der Waals surface area contributed by atoms with Crippen LogP contribution in [0.1, 0.15) is 4.88 Å². The second-order valence-corrected chi connectivity index (χ2v) is 4.78. The summed E-state index contributed by atoms with van der Waals surface area (Å²) >= 11 is 1.70. The van der Waals surface area contributed by atoms with Gasteiger partial charge < -0.3 is 0 Å². The molecule has 0 atom stereocenters. The number of hydrogen-bond donors (Lipinski definition) is 2. The highest BCUT2D eigenvalue weighted by molar-refractivity contribution is 7.21. The van der Waals surface area contributed by atoms with E-state index in [0.717, 1.165) is 31.7 Å². The number of allylic oxidation sites excluding steroid dienone is 1. The quantitative estimate of drug-likeness (QED) is 0.635. The predicted octanol–water partition coefficient (Wildman–Crippen LogP) is 2.60. The van der Waals surface area contributed by atoms with Crippen LogP contribution in [0.5, 0.6) is 0 Å². The molecule has 0 aliphatic carbocycles. The number of anilines is 1. The first-order valence-corrected chi connectivity index (χ1v) is 5.97. The molecule has 0 bridgehead atoms. The first-order valence-electron chi connectivity index (χ1n) is 5.15. The minimum absolute atomic E-state index is 0.890. The number of nitrogens with one attached hydrogen (secondary N) is 2. The smallest absolute Gasteiger partial charge is 0.130 e. The van der Waals surface area contributed by atoms with E-state index in [1.54, 1.807) is 17.6 Å². The van der Waals surface area contributed by atoms with Crippen LogP contribution < -0.4 is 5.43 Å². The largest absolute Gasteiger partial charge is 0.276 e. The van der Waals surface area contributed by atoms with Crippen molar-refractivity contribution in [2.75, 3.05) is 5.43 Å². The lowest BCUT2D eigenvalue weighted by Gasteiger charge is -1.97. The summed E-state index contributed by atoms with van der Waals surface area (Å²) in [6.45, 7) is 0. The molecule has 0 radical (unpaired) electrons. The van der Waals surface area contributed by atoms with E-state index in [1.807, 2.05) is 12.1 Å². The fraction of sp³-hybridized carbons (Fsp3) is 0. The third-order valence-electron chi connectivity index (χ3n) is 2.75. The molecular formula is C11H7N5S. The van der Waals surface area contributed by atoms with Crippen molar-refractivity contribution in [3.63, 3.8) is 0 Å². The van der Waals surface area contributed by atoms with E-state index >= 15 is 0 Å². The van der Waals surface area contributed by atoms with Crippen LogP contribution in [0.25, 0.3) is 27.2 Å². The number of hydrogen-bond acceptors (Lipinski definition) is 5. The molecular weight excluding hydrogens is 234 g/mol. The van der Waals surface area contributed by atoms with E-state index in [2.05, 4.69) is 38.1 Å².